The zero-order valence-electron chi connectivity index (χ0n) is 13.4. The first kappa shape index (κ1) is 16.1. The van der Waals surface area contributed by atoms with Crippen LogP contribution in [-0.2, 0) is 4.79 Å². The van der Waals surface area contributed by atoms with E-state index in [0.29, 0.717) is 31.3 Å². The Morgan fingerprint density at radius 2 is 1.95 bits per heavy atom. The van der Waals surface area contributed by atoms with Crippen LogP contribution in [-0.4, -0.2) is 41.1 Å². The lowest BCUT2D eigenvalue weighted by Crippen LogP contribution is -2.54. The second-order valence-electron chi connectivity index (χ2n) is 7.21. The molecule has 0 bridgehead atoms. The Kier molecular flexibility index (Phi) is 4.79. The van der Waals surface area contributed by atoms with Gasteiger partial charge in [0.05, 0.1) is 5.41 Å². The molecule has 2 rings (SSSR count). The summed E-state index contributed by atoms with van der Waals surface area (Å²) in [4.78, 5) is 25.5. The summed E-state index contributed by atoms with van der Waals surface area (Å²) in [5, 5.41) is 12.5. The fourth-order valence-corrected chi connectivity index (χ4v) is 3.62. The summed E-state index contributed by atoms with van der Waals surface area (Å²) in [7, 11) is 0. The van der Waals surface area contributed by atoms with Gasteiger partial charge in [-0.2, -0.15) is 0 Å². The average Bonchev–Trinajstić information content (AvgIpc) is 2.43. The number of rotatable bonds is 2. The van der Waals surface area contributed by atoms with Crippen molar-refractivity contribution in [2.75, 3.05) is 13.1 Å². The number of aliphatic carboxylic acids is 1. The van der Waals surface area contributed by atoms with Crippen molar-refractivity contribution < 1.29 is 14.7 Å². The molecule has 1 aliphatic carbocycles. The van der Waals surface area contributed by atoms with E-state index in [0.717, 1.165) is 19.3 Å². The van der Waals surface area contributed by atoms with E-state index in [2.05, 4.69) is 19.2 Å². The third-order valence-electron chi connectivity index (χ3n) is 5.52. The number of carbonyl (C=O) groups is 2. The van der Waals surface area contributed by atoms with Crippen molar-refractivity contribution >= 4 is 12.0 Å². The van der Waals surface area contributed by atoms with Gasteiger partial charge in [0, 0.05) is 19.1 Å². The molecule has 2 aliphatic rings. The van der Waals surface area contributed by atoms with Crippen LogP contribution in [0.1, 0.15) is 52.9 Å². The van der Waals surface area contributed by atoms with Crippen LogP contribution in [0.4, 0.5) is 4.79 Å². The Hall–Kier alpha value is -1.26. The van der Waals surface area contributed by atoms with E-state index >= 15 is 0 Å². The molecule has 0 aromatic carbocycles. The molecule has 0 spiro atoms. The SMILES string of the molecule is CC1CCCC(NC(=O)N2CCCC(C)(C(=O)O)C2)C1C. The number of carboxylic acids is 1. The second-order valence-corrected chi connectivity index (χ2v) is 7.21. The van der Waals surface area contributed by atoms with E-state index in [1.54, 1.807) is 11.8 Å². The summed E-state index contributed by atoms with van der Waals surface area (Å²) in [6.07, 6.45) is 4.81. The minimum absolute atomic E-state index is 0.0897. The number of piperidine rings is 1. The first-order valence-electron chi connectivity index (χ1n) is 8.12. The van der Waals surface area contributed by atoms with Crippen LogP contribution in [0.2, 0.25) is 0 Å². The molecule has 4 atom stereocenters. The number of carbonyl (C=O) groups excluding carboxylic acids is 1. The molecule has 1 saturated carbocycles. The number of hydrogen-bond acceptors (Lipinski definition) is 2. The Labute approximate surface area is 127 Å². The van der Waals surface area contributed by atoms with Gasteiger partial charge in [-0.3, -0.25) is 4.79 Å². The van der Waals surface area contributed by atoms with Gasteiger partial charge in [0.2, 0.25) is 0 Å². The van der Waals surface area contributed by atoms with Gasteiger partial charge in [-0.05, 0) is 38.0 Å². The van der Waals surface area contributed by atoms with Crippen LogP contribution < -0.4 is 5.32 Å². The molecule has 1 heterocycles. The van der Waals surface area contributed by atoms with Crippen LogP contribution in [0.15, 0.2) is 0 Å². The molecule has 120 valence electrons. The van der Waals surface area contributed by atoms with E-state index in [1.165, 1.54) is 6.42 Å². The molecule has 2 N–H and O–H groups in total. The van der Waals surface area contributed by atoms with Gasteiger partial charge in [0.15, 0.2) is 0 Å². The predicted octanol–water partition coefficient (Wildman–Crippen LogP) is 2.71. The normalized spacial score (nSPS) is 37.1. The Morgan fingerprint density at radius 1 is 1.24 bits per heavy atom. The van der Waals surface area contributed by atoms with Gasteiger partial charge in [-0.15, -0.1) is 0 Å². The van der Waals surface area contributed by atoms with Crippen molar-refractivity contribution in [3.8, 4) is 0 Å². The van der Waals surface area contributed by atoms with Crippen molar-refractivity contribution in [3.05, 3.63) is 0 Å². The standard InChI is InChI=1S/C16H28N2O3/c1-11-6-4-7-13(12(11)2)17-15(21)18-9-5-8-16(3,10-18)14(19)20/h11-13H,4-10H2,1-3H3,(H,17,21)(H,19,20). The van der Waals surface area contributed by atoms with Crippen LogP contribution in [0.25, 0.3) is 0 Å². The van der Waals surface area contributed by atoms with Gasteiger partial charge in [0.1, 0.15) is 0 Å². The zero-order chi connectivity index (χ0) is 15.6. The summed E-state index contributed by atoms with van der Waals surface area (Å²) in [6, 6.07) is 0.132. The first-order valence-corrected chi connectivity index (χ1v) is 8.12. The first-order chi connectivity index (χ1) is 9.83. The number of nitrogens with one attached hydrogen (secondary N) is 1. The molecule has 1 saturated heterocycles. The molecule has 1 aliphatic heterocycles. The second kappa shape index (κ2) is 6.24. The monoisotopic (exact) mass is 296 g/mol. The number of carboxylic acid groups (broad SMARTS) is 1. The molecule has 0 radical (unpaired) electrons. The van der Waals surface area contributed by atoms with Crippen LogP contribution in [0.5, 0.6) is 0 Å². The van der Waals surface area contributed by atoms with Crippen LogP contribution in [0.3, 0.4) is 0 Å². The highest BCUT2D eigenvalue weighted by molar-refractivity contribution is 5.78. The number of likely N-dealkylation sites (tertiary alicyclic amines) is 1. The van der Waals surface area contributed by atoms with Crippen molar-refractivity contribution in [2.24, 2.45) is 17.3 Å². The largest absolute Gasteiger partial charge is 0.481 e. The lowest BCUT2D eigenvalue weighted by atomic mass is 9.78. The van der Waals surface area contributed by atoms with Crippen molar-refractivity contribution in [1.82, 2.24) is 10.2 Å². The van der Waals surface area contributed by atoms with E-state index in [1.807, 2.05) is 0 Å². The molecule has 0 aromatic heterocycles. The van der Waals surface area contributed by atoms with E-state index in [9.17, 15) is 14.7 Å². The fraction of sp³-hybridized carbons (Fsp3) is 0.875. The van der Waals surface area contributed by atoms with Crippen molar-refractivity contribution in [2.45, 2.75) is 58.9 Å². The van der Waals surface area contributed by atoms with E-state index in [-0.39, 0.29) is 12.1 Å². The molecule has 5 nitrogen and oxygen atoms in total. The Bertz CT molecular complexity index is 412. The molecule has 21 heavy (non-hydrogen) atoms. The van der Waals surface area contributed by atoms with Gasteiger partial charge < -0.3 is 15.3 Å². The highest BCUT2D eigenvalue weighted by Gasteiger charge is 2.40. The number of urea groups is 1. The molecule has 2 fully saturated rings. The van der Waals surface area contributed by atoms with Crippen LogP contribution in [0, 0.1) is 17.3 Å². The molecule has 5 heteroatoms. The minimum atomic E-state index is -0.806. The van der Waals surface area contributed by atoms with Gasteiger partial charge >= 0.3 is 12.0 Å². The van der Waals surface area contributed by atoms with Crippen molar-refractivity contribution in [1.29, 1.82) is 0 Å². The zero-order valence-corrected chi connectivity index (χ0v) is 13.4. The van der Waals surface area contributed by atoms with E-state index < -0.39 is 11.4 Å². The van der Waals surface area contributed by atoms with Gasteiger partial charge in [0.25, 0.3) is 0 Å². The molecule has 2 amide bonds. The summed E-state index contributed by atoms with van der Waals surface area (Å²) in [5.41, 5.74) is -0.805. The maximum Gasteiger partial charge on any atom is 0.317 e. The summed E-state index contributed by atoms with van der Waals surface area (Å²) < 4.78 is 0. The summed E-state index contributed by atoms with van der Waals surface area (Å²) in [6.45, 7) is 7.15. The quantitative estimate of drug-likeness (QED) is 0.823. The third-order valence-corrected chi connectivity index (χ3v) is 5.52. The van der Waals surface area contributed by atoms with Gasteiger partial charge in [-0.1, -0.05) is 26.7 Å². The van der Waals surface area contributed by atoms with Crippen LogP contribution >= 0.6 is 0 Å². The molecular formula is C16H28N2O3. The van der Waals surface area contributed by atoms with E-state index in [4.69, 9.17) is 0 Å². The minimum Gasteiger partial charge on any atom is -0.481 e. The maximum atomic E-state index is 12.5. The predicted molar refractivity (Wildman–Crippen MR) is 81.0 cm³/mol. The molecule has 4 unspecified atom stereocenters. The summed E-state index contributed by atoms with van der Waals surface area (Å²) >= 11 is 0. The average molecular weight is 296 g/mol. The lowest BCUT2D eigenvalue weighted by molar-refractivity contribution is -0.150. The molecule has 0 aromatic rings. The Morgan fingerprint density at radius 3 is 2.62 bits per heavy atom. The summed E-state index contributed by atoms with van der Waals surface area (Å²) in [5.74, 6) is 0.313. The molecular weight excluding hydrogens is 268 g/mol. The number of amides is 2. The third kappa shape index (κ3) is 3.50. The number of nitrogens with zero attached hydrogens (tertiary/aromatic N) is 1. The fourth-order valence-electron chi connectivity index (χ4n) is 3.62. The number of hydrogen-bond donors (Lipinski definition) is 2. The highest BCUT2D eigenvalue weighted by atomic mass is 16.4. The van der Waals surface area contributed by atoms with Gasteiger partial charge in [-0.25, -0.2) is 4.79 Å². The lowest BCUT2D eigenvalue weighted by Gasteiger charge is -2.40. The maximum absolute atomic E-state index is 12.5. The topological polar surface area (TPSA) is 69.6 Å². The Balaban J connectivity index is 1.95. The highest BCUT2D eigenvalue weighted by Crippen LogP contribution is 2.31. The smallest absolute Gasteiger partial charge is 0.317 e. The van der Waals surface area contributed by atoms with Crippen molar-refractivity contribution in [3.63, 3.8) is 0 Å².